The van der Waals surface area contributed by atoms with Crippen LogP contribution >= 0.6 is 11.6 Å². The number of hydrogen-bond donors (Lipinski definition) is 3. The van der Waals surface area contributed by atoms with Crippen molar-refractivity contribution in [3.8, 4) is 0 Å². The van der Waals surface area contributed by atoms with Gasteiger partial charge in [0.15, 0.2) is 0 Å². The summed E-state index contributed by atoms with van der Waals surface area (Å²) in [5.74, 6) is -2.07. The zero-order valence-corrected chi connectivity index (χ0v) is 11.3. The molecule has 3 N–H and O–H groups in total. The Hall–Kier alpha value is -1.88. The van der Waals surface area contributed by atoms with E-state index in [4.69, 9.17) is 11.6 Å². The third kappa shape index (κ3) is 2.54. The first-order valence-electron chi connectivity index (χ1n) is 6.18. The summed E-state index contributed by atoms with van der Waals surface area (Å²) in [7, 11) is 0. The molecule has 1 heterocycles. The van der Waals surface area contributed by atoms with Crippen LogP contribution in [-0.2, 0) is 0 Å². The Bertz CT molecular complexity index is 669. The third-order valence-electron chi connectivity index (χ3n) is 3.08. The Kier molecular flexibility index (Phi) is 3.22. The molecule has 20 heavy (non-hydrogen) atoms. The second-order valence-corrected chi connectivity index (χ2v) is 5.10. The van der Waals surface area contributed by atoms with Gasteiger partial charge in [0.1, 0.15) is 6.54 Å². The molecule has 0 amide bonds. The van der Waals surface area contributed by atoms with Gasteiger partial charge in [0.2, 0.25) is 0 Å². The molecular weight excluding hydrogens is 276 g/mol. The molecule has 5 heteroatoms. The standard InChI is InChI=1S/C15H13ClN2O2/c16-11-6-7-13-12(8-11)14(10-4-2-1-3-5-10)17-9-15(19,20)18-13/h1-8,18-20H,9H2. The maximum Gasteiger partial charge on any atom is 0.264 e. The number of fused-ring (bicyclic) bond motifs is 1. The Morgan fingerprint density at radius 3 is 2.60 bits per heavy atom. The summed E-state index contributed by atoms with van der Waals surface area (Å²) >= 11 is 6.05. The molecule has 0 spiro atoms. The Labute approximate surface area is 121 Å². The van der Waals surface area contributed by atoms with Crippen LogP contribution in [0, 0.1) is 0 Å². The van der Waals surface area contributed by atoms with Gasteiger partial charge in [-0.2, -0.15) is 0 Å². The number of nitrogens with zero attached hydrogens (tertiary/aromatic N) is 1. The minimum atomic E-state index is -2.07. The van der Waals surface area contributed by atoms with Gasteiger partial charge < -0.3 is 15.5 Å². The van der Waals surface area contributed by atoms with Crippen LogP contribution in [-0.4, -0.2) is 28.4 Å². The summed E-state index contributed by atoms with van der Waals surface area (Å²) in [6.45, 7) is -0.163. The van der Waals surface area contributed by atoms with Gasteiger partial charge in [0.25, 0.3) is 5.91 Å². The highest BCUT2D eigenvalue weighted by Gasteiger charge is 2.28. The molecule has 2 aromatic rings. The summed E-state index contributed by atoms with van der Waals surface area (Å²) in [6, 6.07) is 14.7. The van der Waals surface area contributed by atoms with Crippen molar-refractivity contribution in [2.24, 2.45) is 4.99 Å². The van der Waals surface area contributed by atoms with Gasteiger partial charge in [-0.05, 0) is 18.2 Å². The van der Waals surface area contributed by atoms with Crippen molar-refractivity contribution >= 4 is 23.0 Å². The van der Waals surface area contributed by atoms with E-state index < -0.39 is 5.91 Å². The molecule has 2 aromatic carbocycles. The zero-order valence-electron chi connectivity index (χ0n) is 10.5. The number of nitrogens with one attached hydrogen (secondary N) is 1. The van der Waals surface area contributed by atoms with Crippen LogP contribution in [0.1, 0.15) is 11.1 Å². The molecule has 0 saturated heterocycles. The van der Waals surface area contributed by atoms with Crippen LogP contribution < -0.4 is 5.32 Å². The van der Waals surface area contributed by atoms with E-state index in [1.165, 1.54) is 0 Å². The molecule has 0 aliphatic carbocycles. The molecule has 0 radical (unpaired) electrons. The predicted molar refractivity (Wildman–Crippen MR) is 79.2 cm³/mol. The number of anilines is 1. The maximum atomic E-state index is 9.84. The smallest absolute Gasteiger partial charge is 0.264 e. The van der Waals surface area contributed by atoms with E-state index in [2.05, 4.69) is 10.3 Å². The van der Waals surface area contributed by atoms with Gasteiger partial charge in [0.05, 0.1) is 5.71 Å². The number of aliphatic imine (C=N–C) groups is 1. The minimum Gasteiger partial charge on any atom is -0.347 e. The van der Waals surface area contributed by atoms with Crippen LogP contribution in [0.3, 0.4) is 0 Å². The fourth-order valence-corrected chi connectivity index (χ4v) is 2.37. The molecular formula is C15H13ClN2O2. The Morgan fingerprint density at radius 2 is 1.85 bits per heavy atom. The molecule has 3 rings (SSSR count). The van der Waals surface area contributed by atoms with Gasteiger partial charge in [0, 0.05) is 21.8 Å². The first-order chi connectivity index (χ1) is 9.55. The second kappa shape index (κ2) is 4.90. The average molecular weight is 289 g/mol. The summed E-state index contributed by atoms with van der Waals surface area (Å²) in [4.78, 5) is 4.32. The van der Waals surface area contributed by atoms with E-state index >= 15 is 0 Å². The third-order valence-corrected chi connectivity index (χ3v) is 3.31. The van der Waals surface area contributed by atoms with Gasteiger partial charge in [-0.15, -0.1) is 0 Å². The quantitative estimate of drug-likeness (QED) is 0.705. The SMILES string of the molecule is OC1(O)CN=C(c2ccccc2)c2cc(Cl)ccc2N1. The number of hydrogen-bond acceptors (Lipinski definition) is 4. The summed E-state index contributed by atoms with van der Waals surface area (Å²) < 4.78 is 0. The van der Waals surface area contributed by atoms with Crippen LogP contribution in [0.25, 0.3) is 0 Å². The fraction of sp³-hybridized carbons (Fsp3) is 0.133. The van der Waals surface area contributed by atoms with E-state index in [1.807, 2.05) is 30.3 Å². The van der Waals surface area contributed by atoms with E-state index in [0.717, 1.165) is 11.1 Å². The second-order valence-electron chi connectivity index (χ2n) is 4.66. The maximum absolute atomic E-state index is 9.84. The number of rotatable bonds is 1. The average Bonchev–Trinajstić information content (AvgIpc) is 2.55. The van der Waals surface area contributed by atoms with Crippen LogP contribution in [0.15, 0.2) is 53.5 Å². The van der Waals surface area contributed by atoms with Crippen LogP contribution in [0.5, 0.6) is 0 Å². The van der Waals surface area contributed by atoms with Crippen molar-refractivity contribution in [1.82, 2.24) is 0 Å². The number of benzene rings is 2. The van der Waals surface area contributed by atoms with Crippen molar-refractivity contribution in [2.45, 2.75) is 5.91 Å². The van der Waals surface area contributed by atoms with Crippen LogP contribution in [0.2, 0.25) is 5.02 Å². The molecule has 0 atom stereocenters. The normalized spacial score (nSPS) is 16.6. The molecule has 102 valence electrons. The van der Waals surface area contributed by atoms with Crippen molar-refractivity contribution < 1.29 is 10.2 Å². The lowest BCUT2D eigenvalue weighted by molar-refractivity contribution is -0.125. The fourth-order valence-electron chi connectivity index (χ4n) is 2.19. The first kappa shape index (κ1) is 13.1. The Balaban J connectivity index is 2.19. The topological polar surface area (TPSA) is 64.8 Å². The van der Waals surface area contributed by atoms with Crippen molar-refractivity contribution in [1.29, 1.82) is 0 Å². The molecule has 4 nitrogen and oxygen atoms in total. The number of halogens is 1. The highest BCUT2D eigenvalue weighted by molar-refractivity contribution is 6.31. The largest absolute Gasteiger partial charge is 0.347 e. The molecule has 0 aromatic heterocycles. The molecule has 1 aliphatic rings. The van der Waals surface area contributed by atoms with E-state index in [9.17, 15) is 10.2 Å². The van der Waals surface area contributed by atoms with E-state index in [1.54, 1.807) is 18.2 Å². The highest BCUT2D eigenvalue weighted by atomic mass is 35.5. The monoisotopic (exact) mass is 288 g/mol. The predicted octanol–water partition coefficient (Wildman–Crippen LogP) is 2.24. The van der Waals surface area contributed by atoms with E-state index in [0.29, 0.717) is 16.4 Å². The lowest BCUT2D eigenvalue weighted by atomic mass is 10.0. The van der Waals surface area contributed by atoms with Crippen molar-refractivity contribution in [3.63, 3.8) is 0 Å². The Morgan fingerprint density at radius 1 is 1.10 bits per heavy atom. The van der Waals surface area contributed by atoms with Crippen molar-refractivity contribution in [3.05, 3.63) is 64.7 Å². The van der Waals surface area contributed by atoms with Crippen molar-refractivity contribution in [2.75, 3.05) is 11.9 Å². The molecule has 1 aliphatic heterocycles. The number of benzodiazepines with no additional fused rings is 1. The van der Waals surface area contributed by atoms with Gasteiger partial charge in [-0.1, -0.05) is 41.9 Å². The lowest BCUT2D eigenvalue weighted by Gasteiger charge is -2.21. The first-order valence-corrected chi connectivity index (χ1v) is 6.56. The van der Waals surface area contributed by atoms with Gasteiger partial charge >= 0.3 is 0 Å². The van der Waals surface area contributed by atoms with Gasteiger partial charge in [-0.25, -0.2) is 0 Å². The zero-order chi connectivity index (χ0) is 14.2. The molecule has 0 saturated carbocycles. The minimum absolute atomic E-state index is 0.163. The summed E-state index contributed by atoms with van der Waals surface area (Å²) in [6.07, 6.45) is 0. The number of aliphatic hydroxyl groups is 2. The van der Waals surface area contributed by atoms with Crippen LogP contribution in [0.4, 0.5) is 5.69 Å². The van der Waals surface area contributed by atoms with Gasteiger partial charge in [-0.3, -0.25) is 4.99 Å². The molecule has 0 fully saturated rings. The highest BCUT2D eigenvalue weighted by Crippen LogP contribution is 2.28. The summed E-state index contributed by atoms with van der Waals surface area (Å²) in [5.41, 5.74) is 2.91. The van der Waals surface area contributed by atoms with E-state index in [-0.39, 0.29) is 6.54 Å². The lowest BCUT2D eigenvalue weighted by Crippen LogP contribution is -2.40. The summed E-state index contributed by atoms with van der Waals surface area (Å²) in [5, 5.41) is 22.9. The molecule has 0 bridgehead atoms. The molecule has 0 unspecified atom stereocenters.